The van der Waals surface area contributed by atoms with Crippen molar-refractivity contribution < 1.29 is 24.2 Å². The van der Waals surface area contributed by atoms with Gasteiger partial charge >= 0.3 is 11.9 Å². The fraction of sp³-hybridized carbons (Fsp3) is 0.763. The number of ether oxygens (including phenoxy) is 2. The number of aliphatic hydroxyl groups excluding tert-OH is 1. The smallest absolute Gasteiger partial charge is 0.306 e. The minimum absolute atomic E-state index is 0.0666. The van der Waals surface area contributed by atoms with Gasteiger partial charge in [-0.15, -0.1) is 0 Å². The first-order chi connectivity index (χ1) is 31.6. The lowest BCUT2D eigenvalue weighted by molar-refractivity contribution is -0.161. The average molecular weight is 893 g/mol. The number of hydrogen-bond donors (Lipinski definition) is 1. The molecule has 0 radical (unpaired) electrons. The number of carbonyl (C=O) groups excluding carboxylic acids is 2. The van der Waals surface area contributed by atoms with Gasteiger partial charge in [0.2, 0.25) is 0 Å². The van der Waals surface area contributed by atoms with Gasteiger partial charge in [0, 0.05) is 12.8 Å². The van der Waals surface area contributed by atoms with Crippen LogP contribution in [0, 0.1) is 0 Å². The summed E-state index contributed by atoms with van der Waals surface area (Å²) in [4.78, 5) is 24.5. The van der Waals surface area contributed by atoms with Crippen molar-refractivity contribution in [2.75, 3.05) is 13.2 Å². The zero-order chi connectivity index (χ0) is 46.3. The maximum Gasteiger partial charge on any atom is 0.306 e. The Morgan fingerprint density at radius 3 is 1.02 bits per heavy atom. The van der Waals surface area contributed by atoms with E-state index in [0.717, 1.165) is 77.0 Å². The Morgan fingerprint density at radius 2 is 0.672 bits per heavy atom. The van der Waals surface area contributed by atoms with Gasteiger partial charge in [0.15, 0.2) is 6.10 Å². The highest BCUT2D eigenvalue weighted by Crippen LogP contribution is 2.16. The number of unbranched alkanes of at least 4 members (excludes halogenated alkanes) is 30. The summed E-state index contributed by atoms with van der Waals surface area (Å²) in [6.07, 6.45) is 74.3. The molecule has 1 N–H and O–H groups in total. The van der Waals surface area contributed by atoms with Crippen molar-refractivity contribution in [3.63, 3.8) is 0 Å². The molecule has 0 aliphatic rings. The first-order valence-electron chi connectivity index (χ1n) is 27.5. The third-order valence-electron chi connectivity index (χ3n) is 12.0. The first kappa shape index (κ1) is 61.3. The monoisotopic (exact) mass is 893 g/mol. The summed E-state index contributed by atoms with van der Waals surface area (Å²) < 4.78 is 10.7. The summed E-state index contributed by atoms with van der Waals surface area (Å²) in [5, 5.41) is 9.65. The number of aliphatic hydroxyl groups is 1. The molecule has 0 rings (SSSR count). The number of allylic oxidation sites excluding steroid dienone is 12. The summed E-state index contributed by atoms with van der Waals surface area (Å²) >= 11 is 0. The fourth-order valence-electron chi connectivity index (χ4n) is 7.91. The minimum Gasteiger partial charge on any atom is -0.462 e. The number of hydrogen-bond acceptors (Lipinski definition) is 5. The highest BCUT2D eigenvalue weighted by Gasteiger charge is 2.16. The van der Waals surface area contributed by atoms with Gasteiger partial charge in [0.05, 0.1) is 6.61 Å². The molecule has 0 amide bonds. The van der Waals surface area contributed by atoms with Crippen molar-refractivity contribution in [2.45, 2.75) is 277 Å². The van der Waals surface area contributed by atoms with Gasteiger partial charge in [-0.25, -0.2) is 0 Å². The van der Waals surface area contributed by atoms with E-state index in [4.69, 9.17) is 9.47 Å². The van der Waals surface area contributed by atoms with Gasteiger partial charge in [0.25, 0.3) is 0 Å². The van der Waals surface area contributed by atoms with E-state index in [0.29, 0.717) is 12.8 Å². The number of carbonyl (C=O) groups is 2. The Morgan fingerprint density at radius 1 is 0.375 bits per heavy atom. The van der Waals surface area contributed by atoms with E-state index in [1.54, 1.807) is 0 Å². The first-order valence-corrected chi connectivity index (χ1v) is 27.5. The van der Waals surface area contributed by atoms with Crippen LogP contribution in [-0.4, -0.2) is 36.4 Å². The number of rotatable bonds is 50. The predicted molar refractivity (Wildman–Crippen MR) is 279 cm³/mol. The second-order valence-electron chi connectivity index (χ2n) is 18.3. The Balaban J connectivity index is 3.51. The summed E-state index contributed by atoms with van der Waals surface area (Å²) in [6, 6.07) is 0. The lowest BCUT2D eigenvalue weighted by atomic mass is 10.0. The lowest BCUT2D eigenvalue weighted by Gasteiger charge is -2.15. The van der Waals surface area contributed by atoms with E-state index >= 15 is 0 Å². The summed E-state index contributed by atoms with van der Waals surface area (Å²) in [7, 11) is 0. The van der Waals surface area contributed by atoms with E-state index < -0.39 is 6.10 Å². The van der Waals surface area contributed by atoms with E-state index in [-0.39, 0.29) is 25.2 Å². The fourth-order valence-corrected chi connectivity index (χ4v) is 7.91. The van der Waals surface area contributed by atoms with Crippen LogP contribution in [0.15, 0.2) is 72.9 Å². The second-order valence-corrected chi connectivity index (χ2v) is 18.3. The molecule has 0 aromatic heterocycles. The SMILES string of the molecule is CC/C=C\C/C=C\C/C=C\C/C=C\C/C=C\C/C=C\CCCCCCCCCCCCC(=O)OC(CO)COC(=O)CCCCCCCCCCCCCCCCCCCCCCC. The second kappa shape index (κ2) is 54.7. The maximum absolute atomic E-state index is 12.3. The molecule has 5 nitrogen and oxygen atoms in total. The summed E-state index contributed by atoms with van der Waals surface area (Å²) in [5.74, 6) is -0.586. The normalized spacial score (nSPS) is 12.7. The molecule has 370 valence electrons. The van der Waals surface area contributed by atoms with E-state index in [1.807, 2.05) is 0 Å². The van der Waals surface area contributed by atoms with Gasteiger partial charge in [0.1, 0.15) is 6.61 Å². The van der Waals surface area contributed by atoms with E-state index in [2.05, 4.69) is 86.8 Å². The molecular weight excluding hydrogens is 789 g/mol. The molecule has 0 aromatic carbocycles. The molecule has 0 fully saturated rings. The molecule has 0 saturated carbocycles. The Hall–Kier alpha value is -2.66. The minimum atomic E-state index is -0.776. The van der Waals surface area contributed by atoms with Crippen molar-refractivity contribution in [3.05, 3.63) is 72.9 Å². The zero-order valence-electron chi connectivity index (χ0n) is 42.3. The van der Waals surface area contributed by atoms with Crippen molar-refractivity contribution in [1.82, 2.24) is 0 Å². The standard InChI is InChI=1S/C59H104O5/c1-3-5-7-9-11-13-15-17-19-21-23-25-26-27-28-29-30-31-32-34-36-38-40-42-44-46-48-50-52-54-59(62)64-57(55-60)56-63-58(61)53-51-49-47-45-43-41-39-37-35-33-24-22-20-18-16-14-12-10-8-6-4-2/h5,7,11,13,17,19,23,25,27-28,30-31,57,60H,3-4,6,8-10,12,14-16,18,20-22,24,26,29,32-56H2,1-2H3/b7-5-,13-11-,19-17-,25-23-,28-27-,31-30-. The summed E-state index contributed by atoms with van der Waals surface area (Å²) in [6.45, 7) is 4.05. The third kappa shape index (κ3) is 52.0. The largest absolute Gasteiger partial charge is 0.462 e. The van der Waals surface area contributed by atoms with Crippen LogP contribution in [0.1, 0.15) is 271 Å². The van der Waals surface area contributed by atoms with Crippen LogP contribution in [0.4, 0.5) is 0 Å². The molecule has 0 aliphatic carbocycles. The van der Waals surface area contributed by atoms with E-state index in [9.17, 15) is 14.7 Å². The molecule has 0 heterocycles. The van der Waals surface area contributed by atoms with Crippen molar-refractivity contribution >= 4 is 11.9 Å². The van der Waals surface area contributed by atoms with Crippen LogP contribution in [0.2, 0.25) is 0 Å². The van der Waals surface area contributed by atoms with Crippen LogP contribution in [0.25, 0.3) is 0 Å². The van der Waals surface area contributed by atoms with Gasteiger partial charge < -0.3 is 14.6 Å². The lowest BCUT2D eigenvalue weighted by Crippen LogP contribution is -2.28. The highest BCUT2D eigenvalue weighted by atomic mass is 16.6. The van der Waals surface area contributed by atoms with Gasteiger partial charge in [-0.2, -0.15) is 0 Å². The predicted octanol–water partition coefficient (Wildman–Crippen LogP) is 18.4. The molecule has 5 heteroatoms. The van der Waals surface area contributed by atoms with Crippen molar-refractivity contribution in [3.8, 4) is 0 Å². The van der Waals surface area contributed by atoms with Crippen LogP contribution in [-0.2, 0) is 19.1 Å². The summed E-state index contributed by atoms with van der Waals surface area (Å²) in [5.41, 5.74) is 0. The van der Waals surface area contributed by atoms with Gasteiger partial charge in [-0.05, 0) is 64.2 Å². The third-order valence-corrected chi connectivity index (χ3v) is 12.0. The Labute approximate surface area is 397 Å². The molecule has 1 atom stereocenters. The molecule has 0 spiro atoms. The average Bonchev–Trinajstić information content (AvgIpc) is 3.30. The highest BCUT2D eigenvalue weighted by molar-refractivity contribution is 5.70. The molecule has 0 aliphatic heterocycles. The van der Waals surface area contributed by atoms with Crippen LogP contribution >= 0.6 is 0 Å². The van der Waals surface area contributed by atoms with Gasteiger partial charge in [-0.3, -0.25) is 9.59 Å². The van der Waals surface area contributed by atoms with Crippen LogP contribution in [0.3, 0.4) is 0 Å². The molecule has 0 bridgehead atoms. The molecule has 0 saturated heterocycles. The Kier molecular flexibility index (Phi) is 52.4. The van der Waals surface area contributed by atoms with E-state index in [1.165, 1.54) is 167 Å². The molecule has 64 heavy (non-hydrogen) atoms. The van der Waals surface area contributed by atoms with Crippen molar-refractivity contribution in [1.29, 1.82) is 0 Å². The quantitative estimate of drug-likeness (QED) is 0.0374. The van der Waals surface area contributed by atoms with Crippen molar-refractivity contribution in [2.24, 2.45) is 0 Å². The van der Waals surface area contributed by atoms with Crippen LogP contribution < -0.4 is 0 Å². The molecule has 0 aromatic rings. The number of esters is 2. The van der Waals surface area contributed by atoms with Gasteiger partial charge in [-0.1, -0.05) is 267 Å². The Bertz CT molecular complexity index is 1150. The zero-order valence-corrected chi connectivity index (χ0v) is 42.3. The topological polar surface area (TPSA) is 72.8 Å². The maximum atomic E-state index is 12.3. The molecular formula is C59H104O5. The molecule has 1 unspecified atom stereocenters. The van der Waals surface area contributed by atoms with Crippen LogP contribution in [0.5, 0.6) is 0 Å².